The number of rotatable bonds is 7. The highest BCUT2D eigenvalue weighted by Crippen LogP contribution is 2.37. The Balaban J connectivity index is 1.27. The molecule has 2 fully saturated rings. The van der Waals surface area contributed by atoms with Crippen molar-refractivity contribution in [3.8, 4) is 16.9 Å². The first-order chi connectivity index (χ1) is 14.6. The molecule has 156 valence electrons. The van der Waals surface area contributed by atoms with Gasteiger partial charge in [0.15, 0.2) is 0 Å². The summed E-state index contributed by atoms with van der Waals surface area (Å²) in [6.45, 7) is 0.388. The third-order valence-electron chi connectivity index (χ3n) is 5.89. The van der Waals surface area contributed by atoms with E-state index in [1.165, 1.54) is 0 Å². The Morgan fingerprint density at radius 3 is 2.27 bits per heavy atom. The molecule has 1 aliphatic carbocycles. The van der Waals surface area contributed by atoms with E-state index in [1.54, 1.807) is 0 Å². The van der Waals surface area contributed by atoms with Crippen LogP contribution in [0, 0.1) is 11.8 Å². The number of hydrogen-bond donors (Lipinski definition) is 1. The van der Waals surface area contributed by atoms with Crippen LogP contribution in [-0.4, -0.2) is 42.3 Å². The zero-order chi connectivity index (χ0) is 20.9. The zero-order valence-corrected chi connectivity index (χ0v) is 16.9. The van der Waals surface area contributed by atoms with Crippen molar-refractivity contribution in [3.63, 3.8) is 0 Å². The number of amides is 3. The van der Waals surface area contributed by atoms with Gasteiger partial charge in [-0.15, -0.1) is 0 Å². The molecule has 1 saturated heterocycles. The van der Waals surface area contributed by atoms with Crippen LogP contribution in [0.25, 0.3) is 11.1 Å². The smallest absolute Gasteiger partial charge is 0.240 e. The number of para-hydroxylation sites is 1. The van der Waals surface area contributed by atoms with Gasteiger partial charge in [0.25, 0.3) is 0 Å². The Bertz CT molecular complexity index is 904. The van der Waals surface area contributed by atoms with Gasteiger partial charge >= 0.3 is 0 Å². The van der Waals surface area contributed by atoms with E-state index in [9.17, 15) is 14.4 Å². The predicted molar refractivity (Wildman–Crippen MR) is 113 cm³/mol. The fourth-order valence-electron chi connectivity index (χ4n) is 4.39. The minimum absolute atomic E-state index is 0.187. The van der Waals surface area contributed by atoms with Crippen molar-refractivity contribution in [2.24, 2.45) is 11.8 Å². The number of imide groups is 1. The number of likely N-dealkylation sites (tertiary alicyclic amines) is 1. The number of ether oxygens (including phenoxy) is 1. The minimum atomic E-state index is -0.338. The molecule has 30 heavy (non-hydrogen) atoms. The van der Waals surface area contributed by atoms with E-state index in [-0.39, 0.29) is 36.1 Å². The summed E-state index contributed by atoms with van der Waals surface area (Å²) in [5.74, 6) is -0.420. The molecular weight excluding hydrogens is 380 g/mol. The highest BCUT2D eigenvalue weighted by atomic mass is 16.5. The van der Waals surface area contributed by atoms with Crippen molar-refractivity contribution >= 4 is 17.7 Å². The van der Waals surface area contributed by atoms with E-state index >= 15 is 0 Å². The molecule has 0 aromatic heterocycles. The first-order valence-corrected chi connectivity index (χ1v) is 10.5. The van der Waals surface area contributed by atoms with Crippen molar-refractivity contribution < 1.29 is 19.1 Å². The lowest BCUT2D eigenvalue weighted by molar-refractivity contribution is -0.143. The monoisotopic (exact) mass is 406 g/mol. The fraction of sp³-hybridized carbons (Fsp3) is 0.375. The Labute approximate surface area is 176 Å². The molecule has 0 spiro atoms. The molecule has 2 unspecified atom stereocenters. The summed E-state index contributed by atoms with van der Waals surface area (Å²) in [7, 11) is 0. The summed E-state index contributed by atoms with van der Waals surface area (Å²) in [6, 6.07) is 17.7. The molecule has 2 atom stereocenters. The summed E-state index contributed by atoms with van der Waals surface area (Å²) in [6.07, 6.45) is 3.45. The summed E-state index contributed by atoms with van der Waals surface area (Å²) >= 11 is 0. The number of carbonyl (C=O) groups excluding carboxylic acids is 3. The molecule has 0 bridgehead atoms. The van der Waals surface area contributed by atoms with Gasteiger partial charge in [0, 0.05) is 5.56 Å². The summed E-state index contributed by atoms with van der Waals surface area (Å²) in [4.78, 5) is 38.4. The van der Waals surface area contributed by atoms with E-state index in [0.29, 0.717) is 13.2 Å². The van der Waals surface area contributed by atoms with Crippen LogP contribution in [0.2, 0.25) is 0 Å². The van der Waals surface area contributed by atoms with Crippen LogP contribution in [0.3, 0.4) is 0 Å². The van der Waals surface area contributed by atoms with Gasteiger partial charge in [-0.25, -0.2) is 0 Å². The lowest BCUT2D eigenvalue weighted by Gasteiger charge is -2.19. The summed E-state index contributed by atoms with van der Waals surface area (Å²) < 4.78 is 5.87. The molecule has 6 heteroatoms. The maximum absolute atomic E-state index is 12.5. The van der Waals surface area contributed by atoms with E-state index < -0.39 is 0 Å². The Morgan fingerprint density at radius 2 is 1.57 bits per heavy atom. The van der Waals surface area contributed by atoms with Crippen LogP contribution in [0.5, 0.6) is 5.75 Å². The van der Waals surface area contributed by atoms with Crippen LogP contribution < -0.4 is 10.1 Å². The fourth-order valence-corrected chi connectivity index (χ4v) is 4.39. The van der Waals surface area contributed by atoms with Crippen molar-refractivity contribution in [1.82, 2.24) is 10.2 Å². The standard InChI is InChI=1S/C24H26N2O4/c27-22(16-26-23(28)19-11-4-5-12-20(19)24(26)29)25-14-15-30-21-13-7-6-10-18(21)17-8-2-1-3-9-17/h1-3,6-10,13,19-20H,4-5,11-12,14-16H2,(H,25,27). The molecule has 2 aromatic rings. The first-order valence-electron chi connectivity index (χ1n) is 10.5. The van der Waals surface area contributed by atoms with Crippen molar-refractivity contribution in [2.45, 2.75) is 25.7 Å². The molecule has 1 saturated carbocycles. The van der Waals surface area contributed by atoms with Gasteiger partial charge in [-0.1, -0.05) is 61.4 Å². The van der Waals surface area contributed by atoms with Crippen LogP contribution in [0.1, 0.15) is 25.7 Å². The number of carbonyl (C=O) groups is 3. The number of fused-ring (bicyclic) bond motifs is 1. The second-order valence-corrected chi connectivity index (χ2v) is 7.82. The van der Waals surface area contributed by atoms with Crippen molar-refractivity contribution in [3.05, 3.63) is 54.6 Å². The molecule has 3 amide bonds. The molecule has 1 aliphatic heterocycles. The van der Waals surface area contributed by atoms with Crippen LogP contribution in [0.4, 0.5) is 0 Å². The number of nitrogens with one attached hydrogen (secondary N) is 1. The third kappa shape index (κ3) is 4.22. The van der Waals surface area contributed by atoms with Gasteiger partial charge in [0.05, 0.1) is 18.4 Å². The van der Waals surface area contributed by atoms with Crippen molar-refractivity contribution in [1.29, 1.82) is 0 Å². The van der Waals surface area contributed by atoms with E-state index in [0.717, 1.165) is 47.5 Å². The highest BCUT2D eigenvalue weighted by molar-refractivity contribution is 6.07. The first kappa shape index (κ1) is 20.1. The van der Waals surface area contributed by atoms with Gasteiger partial charge in [0.1, 0.15) is 18.9 Å². The molecule has 2 aromatic carbocycles. The van der Waals surface area contributed by atoms with E-state index in [2.05, 4.69) is 5.32 Å². The lowest BCUT2D eigenvalue weighted by atomic mass is 9.81. The number of nitrogens with zero attached hydrogens (tertiary/aromatic N) is 1. The second-order valence-electron chi connectivity index (χ2n) is 7.82. The molecule has 2 aliphatic rings. The maximum atomic E-state index is 12.5. The summed E-state index contributed by atoms with van der Waals surface area (Å²) in [5, 5.41) is 2.75. The largest absolute Gasteiger partial charge is 0.491 e. The average molecular weight is 406 g/mol. The number of hydrogen-bond acceptors (Lipinski definition) is 4. The quantitative estimate of drug-likeness (QED) is 0.567. The topological polar surface area (TPSA) is 75.7 Å². The average Bonchev–Trinajstić information content (AvgIpc) is 3.03. The molecule has 0 radical (unpaired) electrons. The maximum Gasteiger partial charge on any atom is 0.240 e. The lowest BCUT2D eigenvalue weighted by Crippen LogP contribution is -2.42. The van der Waals surface area contributed by atoms with E-state index in [4.69, 9.17) is 4.74 Å². The zero-order valence-electron chi connectivity index (χ0n) is 16.9. The van der Waals surface area contributed by atoms with Crippen LogP contribution >= 0.6 is 0 Å². The molecule has 1 heterocycles. The van der Waals surface area contributed by atoms with Gasteiger partial charge in [-0.2, -0.15) is 0 Å². The minimum Gasteiger partial charge on any atom is -0.491 e. The molecule has 4 rings (SSSR count). The van der Waals surface area contributed by atoms with Crippen LogP contribution in [-0.2, 0) is 14.4 Å². The molecule has 6 nitrogen and oxygen atoms in total. The summed E-state index contributed by atoms with van der Waals surface area (Å²) in [5.41, 5.74) is 2.05. The Morgan fingerprint density at radius 1 is 0.933 bits per heavy atom. The Hall–Kier alpha value is -3.15. The van der Waals surface area contributed by atoms with Crippen LogP contribution in [0.15, 0.2) is 54.6 Å². The predicted octanol–water partition coefficient (Wildman–Crippen LogP) is 3.02. The molecule has 1 N–H and O–H groups in total. The van der Waals surface area contributed by atoms with E-state index in [1.807, 2.05) is 54.6 Å². The van der Waals surface area contributed by atoms with Gasteiger partial charge in [-0.3, -0.25) is 19.3 Å². The van der Waals surface area contributed by atoms with Gasteiger partial charge in [0.2, 0.25) is 17.7 Å². The molecular formula is C24H26N2O4. The Kier molecular flexibility index (Phi) is 6.12. The normalized spacial score (nSPS) is 20.7. The van der Waals surface area contributed by atoms with Crippen molar-refractivity contribution in [2.75, 3.05) is 19.7 Å². The van der Waals surface area contributed by atoms with Gasteiger partial charge in [-0.05, 0) is 24.5 Å². The number of benzene rings is 2. The third-order valence-corrected chi connectivity index (χ3v) is 5.89. The second kappa shape index (κ2) is 9.11. The SMILES string of the molecule is O=C(CN1C(=O)C2CCCCC2C1=O)NCCOc1ccccc1-c1ccccc1. The van der Waals surface area contributed by atoms with Gasteiger partial charge < -0.3 is 10.1 Å². The highest BCUT2D eigenvalue weighted by Gasteiger charge is 2.48.